The van der Waals surface area contributed by atoms with Crippen LogP contribution in [0.3, 0.4) is 0 Å². The first-order valence-electron chi connectivity index (χ1n) is 5.24. The van der Waals surface area contributed by atoms with Crippen molar-refractivity contribution in [1.82, 2.24) is 0 Å². The Kier molecular flexibility index (Phi) is 10.9. The molecule has 0 amide bonds. The summed E-state index contributed by atoms with van der Waals surface area (Å²) in [5.74, 6) is -2.79. The maximum Gasteiger partial charge on any atom is 0.336 e. The van der Waals surface area contributed by atoms with E-state index in [1.807, 2.05) is 0 Å². The minimum Gasteiger partial charge on any atom is -0.478 e. The monoisotopic (exact) mass is 280 g/mol. The standard InChI is InChI=1S/C8H6O4.C4H6O2.C2H4/c9-7(10)5-3-1-2-4-6(5)8(11)12;1-3-6-4(2)5;1-2/h1-4H,(H,9,10)(H,11,12);3H,1H2,2H3;1-2H2. The van der Waals surface area contributed by atoms with Gasteiger partial charge in [0.25, 0.3) is 0 Å². The third-order valence-corrected chi connectivity index (χ3v) is 1.64. The second-order valence-electron chi connectivity index (χ2n) is 2.93. The van der Waals surface area contributed by atoms with Crippen molar-refractivity contribution in [2.75, 3.05) is 0 Å². The van der Waals surface area contributed by atoms with E-state index in [1.54, 1.807) is 0 Å². The summed E-state index contributed by atoms with van der Waals surface area (Å²) in [5, 5.41) is 17.1. The number of hydrogen-bond acceptors (Lipinski definition) is 4. The number of carbonyl (C=O) groups excluding carboxylic acids is 1. The first-order chi connectivity index (χ1) is 9.40. The van der Waals surface area contributed by atoms with E-state index in [0.717, 1.165) is 6.26 Å². The van der Waals surface area contributed by atoms with Crippen molar-refractivity contribution >= 4 is 17.9 Å². The number of rotatable bonds is 3. The van der Waals surface area contributed by atoms with Crippen LogP contribution in [0.5, 0.6) is 0 Å². The van der Waals surface area contributed by atoms with Crippen molar-refractivity contribution in [2.45, 2.75) is 6.92 Å². The lowest BCUT2D eigenvalue weighted by molar-refractivity contribution is -0.135. The molecule has 0 saturated heterocycles. The fourth-order valence-electron chi connectivity index (χ4n) is 0.973. The SMILES string of the molecule is C=C.C=COC(C)=O.O=C(O)c1ccccc1C(=O)O. The van der Waals surface area contributed by atoms with Gasteiger partial charge in [-0.25, -0.2) is 9.59 Å². The first kappa shape index (κ1) is 19.4. The summed E-state index contributed by atoms with van der Waals surface area (Å²) in [4.78, 5) is 30.7. The third kappa shape index (κ3) is 8.24. The average Bonchev–Trinajstić information content (AvgIpc) is 2.41. The van der Waals surface area contributed by atoms with E-state index < -0.39 is 11.9 Å². The number of carboxylic acid groups (broad SMARTS) is 2. The minimum atomic E-state index is -1.23. The highest BCUT2D eigenvalue weighted by atomic mass is 16.5. The number of hydrogen-bond donors (Lipinski definition) is 2. The summed E-state index contributed by atoms with van der Waals surface area (Å²) in [6.45, 7) is 10.5. The molecule has 0 fully saturated rings. The summed E-state index contributed by atoms with van der Waals surface area (Å²) in [5.41, 5.74) is -0.380. The second-order valence-corrected chi connectivity index (χ2v) is 2.93. The molecule has 1 aromatic rings. The van der Waals surface area contributed by atoms with Crippen LogP contribution < -0.4 is 0 Å². The predicted molar refractivity (Wildman–Crippen MR) is 73.6 cm³/mol. The lowest BCUT2D eigenvalue weighted by atomic mass is 10.1. The van der Waals surface area contributed by atoms with Gasteiger partial charge in [-0.05, 0) is 12.1 Å². The number of esters is 1. The zero-order chi connectivity index (χ0) is 16.1. The van der Waals surface area contributed by atoms with Gasteiger partial charge in [0.15, 0.2) is 0 Å². The topological polar surface area (TPSA) is 101 Å². The molecule has 0 aliphatic carbocycles. The van der Waals surface area contributed by atoms with Crippen LogP contribution in [0.4, 0.5) is 0 Å². The van der Waals surface area contributed by atoms with Gasteiger partial charge in [-0.2, -0.15) is 0 Å². The fraction of sp³-hybridized carbons (Fsp3) is 0.0714. The van der Waals surface area contributed by atoms with Crippen molar-refractivity contribution in [2.24, 2.45) is 0 Å². The molecular formula is C14H16O6. The highest BCUT2D eigenvalue weighted by Gasteiger charge is 2.13. The predicted octanol–water partition coefficient (Wildman–Crippen LogP) is 2.58. The molecule has 2 N–H and O–H groups in total. The Balaban J connectivity index is 0. The number of aromatic carboxylic acids is 2. The molecule has 1 rings (SSSR count). The summed E-state index contributed by atoms with van der Waals surface area (Å²) in [6.07, 6.45) is 1.10. The van der Waals surface area contributed by atoms with Crippen molar-refractivity contribution in [3.05, 3.63) is 61.4 Å². The molecule has 0 heterocycles. The van der Waals surface area contributed by atoms with Gasteiger partial charge in [-0.15, -0.1) is 13.2 Å². The van der Waals surface area contributed by atoms with Crippen LogP contribution in [-0.4, -0.2) is 28.1 Å². The van der Waals surface area contributed by atoms with Gasteiger partial charge in [-0.3, -0.25) is 4.79 Å². The molecule has 6 nitrogen and oxygen atoms in total. The number of ether oxygens (including phenoxy) is 1. The van der Waals surface area contributed by atoms with E-state index in [9.17, 15) is 14.4 Å². The molecule has 0 aliphatic heterocycles. The molecule has 20 heavy (non-hydrogen) atoms. The van der Waals surface area contributed by atoms with E-state index in [0.29, 0.717) is 0 Å². The van der Waals surface area contributed by atoms with Gasteiger partial charge in [0.05, 0.1) is 17.4 Å². The maximum absolute atomic E-state index is 10.5. The average molecular weight is 280 g/mol. The normalized spacial score (nSPS) is 7.85. The zero-order valence-corrected chi connectivity index (χ0v) is 11.0. The Labute approximate surface area is 116 Å². The molecular weight excluding hydrogens is 264 g/mol. The lowest BCUT2D eigenvalue weighted by Crippen LogP contribution is -2.06. The van der Waals surface area contributed by atoms with Crippen LogP contribution in [0.15, 0.2) is 50.3 Å². The Morgan fingerprint density at radius 2 is 1.40 bits per heavy atom. The van der Waals surface area contributed by atoms with Crippen LogP contribution in [0.1, 0.15) is 27.6 Å². The van der Waals surface area contributed by atoms with Crippen LogP contribution in [0.25, 0.3) is 0 Å². The van der Waals surface area contributed by atoms with E-state index in [-0.39, 0.29) is 17.1 Å². The zero-order valence-electron chi connectivity index (χ0n) is 11.0. The van der Waals surface area contributed by atoms with Crippen LogP contribution in [-0.2, 0) is 9.53 Å². The van der Waals surface area contributed by atoms with Crippen molar-refractivity contribution in [3.63, 3.8) is 0 Å². The number of benzene rings is 1. The summed E-state index contributed by atoms with van der Waals surface area (Å²) < 4.78 is 4.17. The maximum atomic E-state index is 10.5. The van der Waals surface area contributed by atoms with Gasteiger partial charge in [0.2, 0.25) is 0 Å². The Morgan fingerprint density at radius 3 is 1.55 bits per heavy atom. The molecule has 0 atom stereocenters. The van der Waals surface area contributed by atoms with Gasteiger partial charge < -0.3 is 14.9 Å². The Hall–Kier alpha value is -2.89. The Bertz CT molecular complexity index is 445. The molecule has 0 unspecified atom stereocenters. The molecule has 6 heteroatoms. The van der Waals surface area contributed by atoms with E-state index >= 15 is 0 Å². The second kappa shape index (κ2) is 11.2. The lowest BCUT2D eigenvalue weighted by Gasteiger charge is -1.98. The molecule has 1 aromatic carbocycles. The van der Waals surface area contributed by atoms with Crippen LogP contribution in [0.2, 0.25) is 0 Å². The molecule has 0 aromatic heterocycles. The van der Waals surface area contributed by atoms with Crippen molar-refractivity contribution < 1.29 is 29.3 Å². The summed E-state index contributed by atoms with van der Waals surface area (Å²) in [6, 6.07) is 5.48. The minimum absolute atomic E-state index is 0.190. The van der Waals surface area contributed by atoms with E-state index in [2.05, 4.69) is 24.5 Å². The molecule has 108 valence electrons. The van der Waals surface area contributed by atoms with Gasteiger partial charge in [-0.1, -0.05) is 18.7 Å². The number of carboxylic acids is 2. The van der Waals surface area contributed by atoms with Crippen molar-refractivity contribution in [3.8, 4) is 0 Å². The highest BCUT2D eigenvalue weighted by molar-refractivity contribution is 6.01. The van der Waals surface area contributed by atoms with Crippen LogP contribution >= 0.6 is 0 Å². The van der Waals surface area contributed by atoms with Crippen molar-refractivity contribution in [1.29, 1.82) is 0 Å². The smallest absolute Gasteiger partial charge is 0.336 e. The summed E-state index contributed by atoms with van der Waals surface area (Å²) in [7, 11) is 0. The van der Waals surface area contributed by atoms with E-state index in [4.69, 9.17) is 10.2 Å². The van der Waals surface area contributed by atoms with Gasteiger partial charge in [0.1, 0.15) is 0 Å². The largest absolute Gasteiger partial charge is 0.478 e. The first-order valence-corrected chi connectivity index (χ1v) is 5.24. The summed E-state index contributed by atoms with van der Waals surface area (Å²) >= 11 is 0. The molecule has 0 spiro atoms. The fourth-order valence-corrected chi connectivity index (χ4v) is 0.973. The van der Waals surface area contributed by atoms with Gasteiger partial charge in [0, 0.05) is 6.92 Å². The van der Waals surface area contributed by atoms with Gasteiger partial charge >= 0.3 is 17.9 Å². The number of carbonyl (C=O) groups is 3. The Morgan fingerprint density at radius 1 is 1.05 bits per heavy atom. The molecule has 0 saturated carbocycles. The van der Waals surface area contributed by atoms with E-state index in [1.165, 1.54) is 31.2 Å². The molecule has 0 radical (unpaired) electrons. The highest BCUT2D eigenvalue weighted by Crippen LogP contribution is 2.07. The third-order valence-electron chi connectivity index (χ3n) is 1.64. The van der Waals surface area contributed by atoms with Crippen LogP contribution in [0, 0.1) is 0 Å². The molecule has 0 aliphatic rings. The molecule has 0 bridgehead atoms. The quantitative estimate of drug-likeness (QED) is 0.501.